The van der Waals surface area contributed by atoms with Crippen molar-refractivity contribution in [2.75, 3.05) is 36.0 Å². The van der Waals surface area contributed by atoms with Gasteiger partial charge in [0.2, 0.25) is 5.65 Å². The van der Waals surface area contributed by atoms with E-state index >= 15 is 0 Å². The summed E-state index contributed by atoms with van der Waals surface area (Å²) < 4.78 is 3.88. The van der Waals surface area contributed by atoms with Crippen molar-refractivity contribution in [2.45, 2.75) is 6.42 Å². The molecule has 0 atom stereocenters. The molecule has 0 bridgehead atoms. The van der Waals surface area contributed by atoms with Crippen molar-refractivity contribution >= 4 is 28.4 Å². The van der Waals surface area contributed by atoms with E-state index in [1.807, 2.05) is 22.2 Å². The van der Waals surface area contributed by atoms with E-state index in [9.17, 15) is 0 Å². The minimum absolute atomic E-state index is 0.730. The molecule has 1 saturated heterocycles. The summed E-state index contributed by atoms with van der Waals surface area (Å²) in [6, 6.07) is 0. The van der Waals surface area contributed by atoms with E-state index in [0.29, 0.717) is 0 Å². The van der Waals surface area contributed by atoms with Gasteiger partial charge in [-0.1, -0.05) is 0 Å². The van der Waals surface area contributed by atoms with Crippen molar-refractivity contribution in [3.8, 4) is 0 Å². The molecule has 10 heteroatoms. The van der Waals surface area contributed by atoms with E-state index in [-0.39, 0.29) is 0 Å². The average Bonchev–Trinajstić information content (AvgIpc) is 3.22. The second-order valence-corrected chi connectivity index (χ2v) is 6.37. The van der Waals surface area contributed by atoms with Crippen LogP contribution in [0.15, 0.2) is 31.4 Å². The molecule has 0 radical (unpaired) electrons. The minimum atomic E-state index is 0.730. The molecule has 5 heterocycles. The Kier molecular flexibility index (Phi) is 3.40. The maximum Gasteiger partial charge on any atom is 0.203 e. The van der Waals surface area contributed by atoms with E-state index in [1.165, 1.54) is 0 Å². The summed E-state index contributed by atoms with van der Waals surface area (Å²) in [6.45, 7) is 3.51. The Bertz CT molecular complexity index is 1070. The molecular formula is C16H18N10. The molecular weight excluding hydrogens is 332 g/mol. The lowest BCUT2D eigenvalue weighted by molar-refractivity contribution is 0.792. The normalized spacial score (nSPS) is 15.7. The van der Waals surface area contributed by atoms with Gasteiger partial charge in [0, 0.05) is 45.6 Å². The van der Waals surface area contributed by atoms with Gasteiger partial charge in [-0.15, -0.1) is 10.2 Å². The third kappa shape index (κ3) is 2.33. The summed E-state index contributed by atoms with van der Waals surface area (Å²) in [5, 5.41) is 8.20. The van der Waals surface area contributed by atoms with E-state index in [4.69, 9.17) is 0 Å². The van der Waals surface area contributed by atoms with Gasteiger partial charge in [-0.25, -0.2) is 19.9 Å². The Morgan fingerprint density at radius 1 is 0.885 bits per heavy atom. The second kappa shape index (κ2) is 5.90. The van der Waals surface area contributed by atoms with E-state index in [0.717, 1.165) is 61.0 Å². The van der Waals surface area contributed by atoms with Crippen LogP contribution in [-0.2, 0) is 7.05 Å². The van der Waals surface area contributed by atoms with Crippen molar-refractivity contribution in [1.29, 1.82) is 0 Å². The van der Waals surface area contributed by atoms with Crippen LogP contribution in [0.1, 0.15) is 6.42 Å². The molecule has 0 aliphatic carbocycles. The minimum Gasteiger partial charge on any atom is -0.353 e. The molecule has 0 saturated carbocycles. The van der Waals surface area contributed by atoms with Crippen molar-refractivity contribution < 1.29 is 0 Å². The topological polar surface area (TPSA) is 93.2 Å². The van der Waals surface area contributed by atoms with Crippen LogP contribution in [0.25, 0.3) is 16.8 Å². The summed E-state index contributed by atoms with van der Waals surface area (Å²) in [4.78, 5) is 22.2. The molecule has 0 aromatic carbocycles. The largest absolute Gasteiger partial charge is 0.353 e. The molecule has 4 aromatic rings. The molecule has 1 aliphatic heterocycles. The highest BCUT2D eigenvalue weighted by Crippen LogP contribution is 2.24. The highest BCUT2D eigenvalue weighted by atomic mass is 15.3. The van der Waals surface area contributed by atoms with Crippen LogP contribution in [0.4, 0.5) is 11.6 Å². The maximum atomic E-state index is 4.54. The van der Waals surface area contributed by atoms with Gasteiger partial charge in [0.25, 0.3) is 0 Å². The van der Waals surface area contributed by atoms with Crippen LogP contribution in [-0.4, -0.2) is 65.3 Å². The molecule has 132 valence electrons. The van der Waals surface area contributed by atoms with Gasteiger partial charge in [0.05, 0.1) is 6.33 Å². The maximum absolute atomic E-state index is 4.54. The third-order valence-electron chi connectivity index (χ3n) is 4.78. The lowest BCUT2D eigenvalue weighted by atomic mass is 10.3. The SMILES string of the molecule is Cn1cnc2ncnc(N3CCCN(c4nccn5cnnc45)CC3)c21. The number of aryl methyl sites for hydroxylation is 1. The Balaban J connectivity index is 1.45. The molecule has 5 rings (SSSR count). The number of anilines is 2. The molecule has 0 N–H and O–H groups in total. The quantitative estimate of drug-likeness (QED) is 0.516. The first-order chi connectivity index (χ1) is 12.8. The number of aromatic nitrogens is 8. The number of hydrogen-bond acceptors (Lipinski definition) is 8. The third-order valence-corrected chi connectivity index (χ3v) is 4.78. The highest BCUT2D eigenvalue weighted by molar-refractivity contribution is 5.83. The Morgan fingerprint density at radius 2 is 1.73 bits per heavy atom. The molecule has 10 nitrogen and oxygen atoms in total. The number of imidazole rings is 1. The van der Waals surface area contributed by atoms with Crippen LogP contribution in [0.5, 0.6) is 0 Å². The molecule has 0 amide bonds. The van der Waals surface area contributed by atoms with Gasteiger partial charge in [0.15, 0.2) is 17.3 Å². The summed E-state index contributed by atoms with van der Waals surface area (Å²) >= 11 is 0. The van der Waals surface area contributed by atoms with Gasteiger partial charge in [0.1, 0.15) is 18.2 Å². The molecule has 26 heavy (non-hydrogen) atoms. The fraction of sp³-hybridized carbons (Fsp3) is 0.375. The number of hydrogen-bond donors (Lipinski definition) is 0. The first kappa shape index (κ1) is 15.0. The van der Waals surface area contributed by atoms with E-state index < -0.39 is 0 Å². The van der Waals surface area contributed by atoms with Gasteiger partial charge in [-0.05, 0) is 6.42 Å². The fourth-order valence-corrected chi connectivity index (χ4v) is 3.51. The van der Waals surface area contributed by atoms with Gasteiger partial charge >= 0.3 is 0 Å². The van der Waals surface area contributed by atoms with Gasteiger partial charge in [-0.3, -0.25) is 4.40 Å². The first-order valence-electron chi connectivity index (χ1n) is 8.57. The number of nitrogens with zero attached hydrogens (tertiary/aromatic N) is 10. The summed E-state index contributed by atoms with van der Waals surface area (Å²) in [7, 11) is 1.97. The molecule has 0 unspecified atom stereocenters. The van der Waals surface area contributed by atoms with Crippen molar-refractivity contribution in [3.05, 3.63) is 31.4 Å². The molecule has 4 aromatic heterocycles. The molecule has 1 aliphatic rings. The van der Waals surface area contributed by atoms with Gasteiger partial charge in [-0.2, -0.15) is 0 Å². The Labute approximate surface area is 149 Å². The number of rotatable bonds is 2. The van der Waals surface area contributed by atoms with E-state index in [2.05, 4.69) is 39.9 Å². The van der Waals surface area contributed by atoms with E-state index in [1.54, 1.807) is 25.2 Å². The average molecular weight is 350 g/mol. The Hall–Kier alpha value is -3.30. The first-order valence-corrected chi connectivity index (χ1v) is 8.57. The van der Waals surface area contributed by atoms with Crippen LogP contribution in [0.3, 0.4) is 0 Å². The Morgan fingerprint density at radius 3 is 2.62 bits per heavy atom. The van der Waals surface area contributed by atoms with Gasteiger partial charge < -0.3 is 14.4 Å². The monoisotopic (exact) mass is 350 g/mol. The smallest absolute Gasteiger partial charge is 0.203 e. The van der Waals surface area contributed by atoms with Crippen LogP contribution in [0.2, 0.25) is 0 Å². The predicted octanol–water partition coefficient (Wildman–Crippen LogP) is 0.518. The van der Waals surface area contributed by atoms with Crippen molar-refractivity contribution in [1.82, 2.24) is 39.1 Å². The van der Waals surface area contributed by atoms with Crippen molar-refractivity contribution in [2.24, 2.45) is 7.05 Å². The molecule has 0 spiro atoms. The van der Waals surface area contributed by atoms with Crippen LogP contribution < -0.4 is 9.80 Å². The molecule has 1 fully saturated rings. The zero-order chi connectivity index (χ0) is 17.5. The summed E-state index contributed by atoms with van der Waals surface area (Å²) in [6.07, 6.45) is 9.72. The zero-order valence-electron chi connectivity index (χ0n) is 14.4. The predicted molar refractivity (Wildman–Crippen MR) is 96.1 cm³/mol. The highest BCUT2D eigenvalue weighted by Gasteiger charge is 2.22. The van der Waals surface area contributed by atoms with Crippen molar-refractivity contribution in [3.63, 3.8) is 0 Å². The number of fused-ring (bicyclic) bond motifs is 2. The summed E-state index contributed by atoms with van der Waals surface area (Å²) in [5.74, 6) is 1.81. The zero-order valence-corrected chi connectivity index (χ0v) is 14.4. The van der Waals surface area contributed by atoms with Crippen LogP contribution in [0, 0.1) is 0 Å². The standard InChI is InChI=1S/C16H18N10/c1-23-10-20-13-12(23)14(19-9-18-13)24-4-2-5-25(8-7-24)15-16-22-21-11-26(16)6-3-17-15/h3,6,9-11H,2,4-5,7-8H2,1H3. The fourth-order valence-electron chi connectivity index (χ4n) is 3.51. The lowest BCUT2D eigenvalue weighted by Gasteiger charge is -2.23. The van der Waals surface area contributed by atoms with Crippen LogP contribution >= 0.6 is 0 Å². The second-order valence-electron chi connectivity index (χ2n) is 6.37. The lowest BCUT2D eigenvalue weighted by Crippen LogP contribution is -2.32. The summed E-state index contributed by atoms with van der Waals surface area (Å²) in [5.41, 5.74) is 2.49.